The van der Waals surface area contributed by atoms with Crippen LogP contribution in [0.15, 0.2) is 85.2 Å². The van der Waals surface area contributed by atoms with Crippen molar-refractivity contribution in [2.45, 2.75) is 90.2 Å². The SMILES string of the molecule is CC(C)Oc1ccc(-c2ncc(-c3cccc4c3CC[C@@H]4NC(=O)N(C)C)s2)cc1C#N.CC(C)Oc1ccc(-c2ncc(-c3cccc4c3CC[C@H]4NCC(=O)N3CC[C@H](O)C3)s2)cc1C#N. The number of aromatic nitrogens is 2. The van der Waals surface area contributed by atoms with E-state index in [1.165, 1.54) is 27.8 Å². The molecule has 0 saturated carbocycles. The van der Waals surface area contributed by atoms with Crippen molar-refractivity contribution >= 4 is 34.6 Å². The number of carbonyl (C=O) groups excluding carboxylic acids is 2. The van der Waals surface area contributed by atoms with Gasteiger partial charge in [0.05, 0.1) is 51.8 Å². The van der Waals surface area contributed by atoms with Gasteiger partial charge in [0.25, 0.3) is 0 Å². The van der Waals surface area contributed by atoms with Crippen molar-refractivity contribution in [1.82, 2.24) is 30.4 Å². The molecule has 3 N–H and O–H groups in total. The number of urea groups is 1. The quantitative estimate of drug-likeness (QED) is 0.107. The molecule has 1 aliphatic heterocycles. The standard InChI is InChI=1S/C28H30N4O3S.C25H26N4O2S/c1-17(2)35-25-9-6-18(12-19(25)13-29)28-31-14-26(36-28)23-5-3-4-22-21(23)7-8-24(22)30-15-27(34)32-11-10-20(33)16-32;1-15(2)31-22-11-8-16(12-17(22)13-26)24-27-14-23(32-24)20-7-5-6-19-18(20)9-10-21(19)28-25(30)29(3)4/h3-6,9,12,14,17,20,24,30,33H,7-8,10-11,15-16H2,1-2H3;5-8,11-12,14-15,21H,9-10H2,1-4H3,(H,28,30)/t20-,24+;21-/m00/s1. The van der Waals surface area contributed by atoms with E-state index in [-0.39, 0.29) is 42.8 Å². The van der Waals surface area contributed by atoms with Crippen molar-refractivity contribution in [3.63, 3.8) is 0 Å². The predicted molar refractivity (Wildman–Crippen MR) is 266 cm³/mol. The van der Waals surface area contributed by atoms with Crippen LogP contribution in [-0.4, -0.2) is 88.9 Å². The zero-order valence-corrected chi connectivity index (χ0v) is 40.8. The summed E-state index contributed by atoms with van der Waals surface area (Å²) in [6, 6.07) is 28.4. The second-order valence-corrected chi connectivity index (χ2v) is 20.0. The molecule has 1 fully saturated rings. The summed E-state index contributed by atoms with van der Waals surface area (Å²) in [5.74, 6) is 1.23. The van der Waals surface area contributed by atoms with Crippen molar-refractivity contribution in [3.8, 4) is 65.7 Å². The maximum Gasteiger partial charge on any atom is 0.317 e. The second-order valence-electron chi connectivity index (χ2n) is 18.0. The smallest absolute Gasteiger partial charge is 0.317 e. The second kappa shape index (κ2) is 21.1. The molecule has 3 heterocycles. The highest BCUT2D eigenvalue weighted by Gasteiger charge is 2.30. The summed E-state index contributed by atoms with van der Waals surface area (Å²) in [6.07, 6.45) is 7.75. The number of carbonyl (C=O) groups is 2. The van der Waals surface area contributed by atoms with Crippen molar-refractivity contribution in [3.05, 3.63) is 119 Å². The van der Waals surface area contributed by atoms with Gasteiger partial charge < -0.3 is 35.0 Å². The summed E-state index contributed by atoms with van der Waals surface area (Å²) >= 11 is 3.22. The van der Waals surface area contributed by atoms with Gasteiger partial charge in [-0.15, -0.1) is 22.7 Å². The van der Waals surface area contributed by atoms with Crippen LogP contribution in [0.5, 0.6) is 11.5 Å². The zero-order valence-electron chi connectivity index (χ0n) is 39.2. The third-order valence-corrected chi connectivity index (χ3v) is 14.4. The van der Waals surface area contributed by atoms with Crippen LogP contribution in [0.2, 0.25) is 0 Å². The Morgan fingerprint density at radius 1 is 0.779 bits per heavy atom. The summed E-state index contributed by atoms with van der Waals surface area (Å²) in [7, 11) is 3.50. The lowest BCUT2D eigenvalue weighted by Crippen LogP contribution is -2.38. The number of nitrogens with zero attached hydrogens (tertiary/aromatic N) is 6. The molecule has 2 aromatic heterocycles. The Morgan fingerprint density at radius 2 is 1.29 bits per heavy atom. The van der Waals surface area contributed by atoms with E-state index in [1.807, 2.05) is 82.6 Å². The number of nitriles is 2. The number of likely N-dealkylation sites (tertiary alicyclic amines) is 1. The van der Waals surface area contributed by atoms with Crippen LogP contribution >= 0.6 is 22.7 Å². The maximum absolute atomic E-state index is 12.5. The first-order chi connectivity index (χ1) is 32.8. The van der Waals surface area contributed by atoms with Crippen molar-refractivity contribution in [2.75, 3.05) is 33.7 Å². The Balaban J connectivity index is 0.000000185. The minimum absolute atomic E-state index is 0.000793. The molecule has 2 aliphatic carbocycles. The fraction of sp³-hybridized carbons (Fsp3) is 0.358. The summed E-state index contributed by atoms with van der Waals surface area (Å²) in [5, 5.41) is 37.1. The molecule has 15 heteroatoms. The van der Waals surface area contributed by atoms with Crippen LogP contribution in [0.4, 0.5) is 4.79 Å². The molecule has 0 spiro atoms. The number of aliphatic hydroxyl groups is 1. The van der Waals surface area contributed by atoms with Gasteiger partial charge in [-0.25, -0.2) is 14.8 Å². The molecule has 13 nitrogen and oxygen atoms in total. The molecule has 0 bridgehead atoms. The number of ether oxygens (including phenoxy) is 2. The van der Waals surface area contributed by atoms with E-state index in [9.17, 15) is 25.2 Å². The molecule has 350 valence electrons. The highest BCUT2D eigenvalue weighted by atomic mass is 32.1. The first-order valence-corrected chi connectivity index (χ1v) is 24.7. The maximum atomic E-state index is 12.5. The zero-order chi connectivity index (χ0) is 48.1. The first-order valence-electron chi connectivity index (χ1n) is 23.1. The molecule has 0 unspecified atom stereocenters. The van der Waals surface area contributed by atoms with Gasteiger partial charge in [-0.3, -0.25) is 4.79 Å². The number of β-amino-alcohol motifs (C(OH)–C–C–N with tert-alkyl or cyclic N) is 1. The molecule has 68 heavy (non-hydrogen) atoms. The molecule has 9 rings (SSSR count). The van der Waals surface area contributed by atoms with E-state index in [0.717, 1.165) is 62.1 Å². The Kier molecular flexibility index (Phi) is 14.9. The average molecular weight is 949 g/mol. The largest absolute Gasteiger partial charge is 0.490 e. The number of thiazole rings is 2. The van der Waals surface area contributed by atoms with E-state index in [1.54, 1.807) is 46.6 Å². The van der Waals surface area contributed by atoms with Crippen molar-refractivity contribution in [2.24, 2.45) is 0 Å². The number of amides is 3. The van der Waals surface area contributed by atoms with E-state index in [0.29, 0.717) is 42.1 Å². The first kappa shape index (κ1) is 47.9. The van der Waals surface area contributed by atoms with Crippen LogP contribution < -0.4 is 20.1 Å². The lowest BCUT2D eigenvalue weighted by molar-refractivity contribution is -0.129. The van der Waals surface area contributed by atoms with Gasteiger partial charge >= 0.3 is 6.03 Å². The third-order valence-electron chi connectivity index (χ3n) is 12.2. The lowest BCUT2D eigenvalue weighted by atomic mass is 10.0. The minimum atomic E-state index is -0.397. The summed E-state index contributed by atoms with van der Waals surface area (Å²) in [5.41, 5.74) is 10.1. The predicted octanol–water partition coefficient (Wildman–Crippen LogP) is 9.70. The van der Waals surface area contributed by atoms with Crippen LogP contribution in [0.1, 0.15) is 92.4 Å². The van der Waals surface area contributed by atoms with Crippen LogP contribution in [0, 0.1) is 22.7 Å². The van der Waals surface area contributed by atoms with Gasteiger partial charge in [0.2, 0.25) is 5.91 Å². The summed E-state index contributed by atoms with van der Waals surface area (Å²) in [4.78, 5) is 39.4. The van der Waals surface area contributed by atoms with E-state index in [4.69, 9.17) is 9.47 Å². The van der Waals surface area contributed by atoms with Gasteiger partial charge in [0.1, 0.15) is 33.7 Å². The highest BCUT2D eigenvalue weighted by molar-refractivity contribution is 7.18. The Bertz CT molecular complexity index is 2890. The van der Waals surface area contributed by atoms with E-state index in [2.05, 4.69) is 63.1 Å². The average Bonchev–Trinajstić information content (AvgIpc) is 4.20. The molecule has 3 atom stereocenters. The number of rotatable bonds is 12. The van der Waals surface area contributed by atoms with Crippen LogP contribution in [0.25, 0.3) is 42.0 Å². The number of benzene rings is 4. The van der Waals surface area contributed by atoms with Gasteiger partial charge in [-0.2, -0.15) is 10.5 Å². The van der Waals surface area contributed by atoms with E-state index < -0.39 is 6.10 Å². The van der Waals surface area contributed by atoms with Gasteiger partial charge in [0.15, 0.2) is 0 Å². The van der Waals surface area contributed by atoms with Crippen LogP contribution in [-0.2, 0) is 17.6 Å². The number of fused-ring (bicyclic) bond motifs is 2. The van der Waals surface area contributed by atoms with Crippen molar-refractivity contribution < 1.29 is 24.2 Å². The van der Waals surface area contributed by atoms with Gasteiger partial charge in [0, 0.05) is 56.7 Å². The topological polar surface area (TPSA) is 177 Å². The molecule has 0 radical (unpaired) electrons. The fourth-order valence-corrected chi connectivity index (χ4v) is 10.9. The number of aliphatic hydroxyl groups excluding tert-OH is 1. The third kappa shape index (κ3) is 10.7. The molecule has 3 aliphatic rings. The molecule has 3 amide bonds. The Labute approximate surface area is 406 Å². The lowest BCUT2D eigenvalue weighted by Gasteiger charge is -2.19. The van der Waals surface area contributed by atoms with Crippen molar-refractivity contribution in [1.29, 1.82) is 10.5 Å². The fourth-order valence-electron chi connectivity index (χ4n) is 8.98. The van der Waals surface area contributed by atoms with Crippen LogP contribution in [0.3, 0.4) is 0 Å². The number of hydrogen-bond acceptors (Lipinski definition) is 12. The minimum Gasteiger partial charge on any atom is -0.490 e. The normalized spacial score (nSPS) is 16.9. The Hall–Kier alpha value is -6.62. The summed E-state index contributed by atoms with van der Waals surface area (Å²) < 4.78 is 11.5. The van der Waals surface area contributed by atoms with E-state index >= 15 is 0 Å². The number of nitrogens with one attached hydrogen (secondary N) is 2. The Morgan fingerprint density at radius 3 is 1.76 bits per heavy atom. The van der Waals surface area contributed by atoms with Gasteiger partial charge in [-0.05, 0) is 130 Å². The molecular weight excluding hydrogens is 893 g/mol. The molecule has 1 saturated heterocycles. The summed E-state index contributed by atoms with van der Waals surface area (Å²) in [6.45, 7) is 9.11. The highest BCUT2D eigenvalue weighted by Crippen LogP contribution is 2.43. The molecule has 4 aromatic carbocycles. The molecule has 6 aromatic rings. The van der Waals surface area contributed by atoms with Gasteiger partial charge in [-0.1, -0.05) is 36.4 Å². The molecular formula is C53H56N8O5S2. The monoisotopic (exact) mass is 948 g/mol. The number of hydrogen-bond donors (Lipinski definition) is 3.